The molecule has 4 nitrogen and oxygen atoms in total. The fourth-order valence-electron chi connectivity index (χ4n) is 3.53. The molecule has 0 bridgehead atoms. The van der Waals surface area contributed by atoms with E-state index in [-0.39, 0.29) is 11.7 Å². The minimum atomic E-state index is -0.366. The van der Waals surface area contributed by atoms with E-state index in [1.807, 2.05) is 23.1 Å². The van der Waals surface area contributed by atoms with Gasteiger partial charge >= 0.3 is 0 Å². The highest BCUT2D eigenvalue weighted by atomic mass is 79.9. The molecule has 1 aliphatic carbocycles. The maximum Gasteiger partial charge on any atom is 0.254 e. The lowest BCUT2D eigenvalue weighted by Crippen LogP contribution is -2.33. The second kappa shape index (κ2) is 8.03. The zero-order valence-corrected chi connectivity index (χ0v) is 17.5. The first-order valence-corrected chi connectivity index (χ1v) is 10.5. The van der Waals surface area contributed by atoms with Crippen LogP contribution in [0.3, 0.4) is 0 Å². The number of carbonyl (C=O) groups is 1. The molecule has 0 spiro atoms. The molecular weight excluding hydrogens is 421 g/mol. The number of para-hydroxylation sites is 2. The van der Waals surface area contributed by atoms with Crippen molar-refractivity contribution in [1.29, 1.82) is 0 Å². The van der Waals surface area contributed by atoms with Gasteiger partial charge in [0.2, 0.25) is 0 Å². The zero-order chi connectivity index (χ0) is 19.7. The fraction of sp³-hybridized carbons (Fsp3) is 0.364. The number of carbonyl (C=O) groups excluding carboxylic acids is 1. The Hall–Kier alpha value is -2.21. The van der Waals surface area contributed by atoms with E-state index in [0.29, 0.717) is 29.0 Å². The highest BCUT2D eigenvalue weighted by Crippen LogP contribution is 2.31. The Balaban J connectivity index is 1.66. The SMILES string of the molecule is CCCn1c(CN(CC2CC2)C(=O)c2ccc(F)c(Br)c2)nc2ccccc21. The van der Waals surface area contributed by atoms with Crippen molar-refractivity contribution in [2.75, 3.05) is 6.54 Å². The van der Waals surface area contributed by atoms with E-state index in [9.17, 15) is 9.18 Å². The number of imidazole rings is 1. The lowest BCUT2D eigenvalue weighted by atomic mass is 10.2. The summed E-state index contributed by atoms with van der Waals surface area (Å²) in [5.41, 5.74) is 2.55. The van der Waals surface area contributed by atoms with Crippen LogP contribution in [0.4, 0.5) is 4.39 Å². The van der Waals surface area contributed by atoms with Crippen molar-refractivity contribution in [1.82, 2.24) is 14.5 Å². The molecule has 0 radical (unpaired) electrons. The molecule has 1 aromatic heterocycles. The van der Waals surface area contributed by atoms with Crippen LogP contribution in [0.2, 0.25) is 0 Å². The van der Waals surface area contributed by atoms with Crippen molar-refractivity contribution in [3.05, 3.63) is 64.1 Å². The molecule has 0 unspecified atom stereocenters. The van der Waals surface area contributed by atoms with Gasteiger partial charge in [-0.05, 0) is 71.4 Å². The van der Waals surface area contributed by atoms with Crippen LogP contribution in [0.25, 0.3) is 11.0 Å². The van der Waals surface area contributed by atoms with Crippen LogP contribution in [-0.4, -0.2) is 26.9 Å². The van der Waals surface area contributed by atoms with Gasteiger partial charge in [0.25, 0.3) is 5.91 Å². The average molecular weight is 444 g/mol. The number of aromatic nitrogens is 2. The van der Waals surface area contributed by atoms with E-state index >= 15 is 0 Å². The first-order valence-electron chi connectivity index (χ1n) is 9.75. The predicted molar refractivity (Wildman–Crippen MR) is 112 cm³/mol. The largest absolute Gasteiger partial charge is 0.331 e. The summed E-state index contributed by atoms with van der Waals surface area (Å²) in [5.74, 6) is 1.01. The van der Waals surface area contributed by atoms with Gasteiger partial charge in [-0.1, -0.05) is 19.1 Å². The zero-order valence-electron chi connectivity index (χ0n) is 15.9. The Morgan fingerprint density at radius 3 is 2.79 bits per heavy atom. The van der Waals surface area contributed by atoms with E-state index in [2.05, 4.69) is 33.5 Å². The summed E-state index contributed by atoms with van der Waals surface area (Å²) in [7, 11) is 0. The Morgan fingerprint density at radius 1 is 1.29 bits per heavy atom. The van der Waals surface area contributed by atoms with Gasteiger partial charge in [-0.15, -0.1) is 0 Å². The van der Waals surface area contributed by atoms with Crippen molar-refractivity contribution >= 4 is 32.9 Å². The predicted octanol–water partition coefficient (Wildman–Crippen LogP) is 5.40. The number of benzene rings is 2. The van der Waals surface area contributed by atoms with Crippen LogP contribution in [0, 0.1) is 11.7 Å². The number of halogens is 2. The van der Waals surface area contributed by atoms with E-state index in [4.69, 9.17) is 4.98 Å². The van der Waals surface area contributed by atoms with Gasteiger partial charge in [0.15, 0.2) is 0 Å². The molecule has 0 N–H and O–H groups in total. The van der Waals surface area contributed by atoms with Gasteiger partial charge in [-0.3, -0.25) is 4.79 Å². The molecule has 4 rings (SSSR count). The molecule has 1 aliphatic rings. The maximum atomic E-state index is 13.6. The van der Waals surface area contributed by atoms with Crippen LogP contribution >= 0.6 is 15.9 Å². The summed E-state index contributed by atoms with van der Waals surface area (Å²) in [6.07, 6.45) is 3.30. The molecule has 1 heterocycles. The Morgan fingerprint density at radius 2 is 2.07 bits per heavy atom. The van der Waals surface area contributed by atoms with Crippen LogP contribution in [0.5, 0.6) is 0 Å². The third-order valence-electron chi connectivity index (χ3n) is 5.14. The van der Waals surface area contributed by atoms with Crippen LogP contribution in [0.15, 0.2) is 46.9 Å². The molecule has 1 amide bonds. The smallest absolute Gasteiger partial charge is 0.254 e. The summed E-state index contributed by atoms with van der Waals surface area (Å²) in [6.45, 7) is 4.17. The van der Waals surface area contributed by atoms with Crippen molar-refractivity contribution in [2.24, 2.45) is 5.92 Å². The highest BCUT2D eigenvalue weighted by Gasteiger charge is 2.29. The molecule has 1 saturated carbocycles. The normalized spacial score (nSPS) is 13.8. The van der Waals surface area contributed by atoms with Gasteiger partial charge in [0.05, 0.1) is 22.1 Å². The van der Waals surface area contributed by atoms with Crippen molar-refractivity contribution in [3.8, 4) is 0 Å². The second-order valence-electron chi connectivity index (χ2n) is 7.43. The Kier molecular flexibility index (Phi) is 5.49. The molecule has 0 atom stereocenters. The number of aryl methyl sites for hydroxylation is 1. The topological polar surface area (TPSA) is 38.1 Å². The molecule has 1 fully saturated rings. The number of hydrogen-bond donors (Lipinski definition) is 0. The molecule has 0 aliphatic heterocycles. The Bertz CT molecular complexity index is 1010. The number of nitrogens with zero attached hydrogens (tertiary/aromatic N) is 3. The average Bonchev–Trinajstić information content (AvgIpc) is 3.45. The first-order chi connectivity index (χ1) is 13.6. The molecule has 28 heavy (non-hydrogen) atoms. The fourth-order valence-corrected chi connectivity index (χ4v) is 3.91. The number of rotatable bonds is 7. The van der Waals surface area contributed by atoms with E-state index in [1.54, 1.807) is 12.1 Å². The van der Waals surface area contributed by atoms with Gasteiger partial charge in [-0.25, -0.2) is 9.37 Å². The lowest BCUT2D eigenvalue weighted by molar-refractivity contribution is 0.0728. The number of fused-ring (bicyclic) bond motifs is 1. The van der Waals surface area contributed by atoms with E-state index in [1.165, 1.54) is 6.07 Å². The minimum absolute atomic E-state index is 0.0808. The minimum Gasteiger partial charge on any atom is -0.331 e. The Labute approximate surface area is 172 Å². The summed E-state index contributed by atoms with van der Waals surface area (Å²) in [4.78, 5) is 19.9. The maximum absolute atomic E-state index is 13.6. The molecule has 0 saturated heterocycles. The highest BCUT2D eigenvalue weighted by molar-refractivity contribution is 9.10. The summed E-state index contributed by atoms with van der Waals surface area (Å²) < 4.78 is 16.1. The van der Waals surface area contributed by atoms with Crippen LogP contribution in [-0.2, 0) is 13.1 Å². The van der Waals surface area contributed by atoms with Gasteiger partial charge in [0.1, 0.15) is 11.6 Å². The molecule has 6 heteroatoms. The first kappa shape index (κ1) is 19.1. The second-order valence-corrected chi connectivity index (χ2v) is 8.28. The third-order valence-corrected chi connectivity index (χ3v) is 5.75. The number of amides is 1. The number of hydrogen-bond acceptors (Lipinski definition) is 2. The molecule has 3 aromatic rings. The molecular formula is C22H23BrFN3O. The van der Waals surface area contributed by atoms with Crippen molar-refractivity contribution < 1.29 is 9.18 Å². The monoisotopic (exact) mass is 443 g/mol. The summed E-state index contributed by atoms with van der Waals surface area (Å²) in [5, 5.41) is 0. The van der Waals surface area contributed by atoms with Gasteiger partial charge < -0.3 is 9.47 Å². The third kappa shape index (κ3) is 3.97. The molecule has 2 aromatic carbocycles. The van der Waals surface area contributed by atoms with E-state index in [0.717, 1.165) is 42.7 Å². The van der Waals surface area contributed by atoms with Crippen molar-refractivity contribution in [3.63, 3.8) is 0 Å². The van der Waals surface area contributed by atoms with Crippen LogP contribution < -0.4 is 0 Å². The lowest BCUT2D eigenvalue weighted by Gasteiger charge is -2.23. The quantitative estimate of drug-likeness (QED) is 0.490. The van der Waals surface area contributed by atoms with Gasteiger partial charge in [-0.2, -0.15) is 0 Å². The standard InChI is InChI=1S/C22H23BrFN3O/c1-2-11-27-20-6-4-3-5-19(20)25-21(27)14-26(13-15-7-8-15)22(28)16-9-10-18(24)17(23)12-16/h3-6,9-10,12,15H,2,7-8,11,13-14H2,1H3. The molecule has 146 valence electrons. The van der Waals surface area contributed by atoms with E-state index < -0.39 is 0 Å². The van der Waals surface area contributed by atoms with Crippen LogP contribution in [0.1, 0.15) is 42.4 Å². The summed E-state index contributed by atoms with van der Waals surface area (Å²) >= 11 is 3.19. The summed E-state index contributed by atoms with van der Waals surface area (Å²) in [6, 6.07) is 12.5. The van der Waals surface area contributed by atoms with Crippen molar-refractivity contribution in [2.45, 2.75) is 39.3 Å². The van der Waals surface area contributed by atoms with Gasteiger partial charge in [0, 0.05) is 18.7 Å².